The van der Waals surface area contributed by atoms with Crippen LogP contribution in [0.5, 0.6) is 0 Å². The van der Waals surface area contributed by atoms with Crippen LogP contribution in [-0.4, -0.2) is 15.2 Å². The van der Waals surface area contributed by atoms with Crippen molar-refractivity contribution in [2.45, 2.75) is 24.3 Å². The Morgan fingerprint density at radius 3 is 2.43 bits per heavy atom. The predicted octanol–water partition coefficient (Wildman–Crippen LogP) is 4.63. The number of thioether (sulfide) groups is 1. The van der Waals surface area contributed by atoms with Gasteiger partial charge in [-0.1, -0.05) is 71.9 Å². The van der Waals surface area contributed by atoms with Gasteiger partial charge in [-0.2, -0.15) is 0 Å². The highest BCUT2D eigenvalue weighted by Crippen LogP contribution is 2.33. The van der Waals surface area contributed by atoms with Gasteiger partial charge in [0.1, 0.15) is 0 Å². The van der Waals surface area contributed by atoms with Crippen LogP contribution in [0.3, 0.4) is 0 Å². The quantitative estimate of drug-likeness (QED) is 0.713. The second-order valence-electron chi connectivity index (χ2n) is 5.00. The minimum Gasteiger partial charge on any atom is -0.258 e. The molecular formula is C17H17N3S. The molecule has 0 aliphatic heterocycles. The summed E-state index contributed by atoms with van der Waals surface area (Å²) in [5.41, 5.74) is 3.59. The summed E-state index contributed by atoms with van der Waals surface area (Å²) in [6.45, 7) is 4.24. The fraction of sp³-hybridized carbons (Fsp3) is 0.176. The lowest BCUT2D eigenvalue weighted by atomic mass is 10.1. The predicted molar refractivity (Wildman–Crippen MR) is 87.3 cm³/mol. The second kappa shape index (κ2) is 6.14. The van der Waals surface area contributed by atoms with Gasteiger partial charge in [-0.05, 0) is 19.4 Å². The number of aromatic nitrogens is 3. The van der Waals surface area contributed by atoms with Crippen LogP contribution < -0.4 is 0 Å². The molecule has 0 saturated heterocycles. The van der Waals surface area contributed by atoms with E-state index in [1.165, 1.54) is 11.1 Å². The van der Waals surface area contributed by atoms with Crippen molar-refractivity contribution in [2.24, 2.45) is 0 Å². The Morgan fingerprint density at radius 1 is 1.00 bits per heavy atom. The molecule has 1 atom stereocenters. The second-order valence-corrected chi connectivity index (χ2v) is 6.31. The molecule has 0 aliphatic carbocycles. The van der Waals surface area contributed by atoms with Crippen LogP contribution in [0.15, 0.2) is 59.8 Å². The zero-order valence-corrected chi connectivity index (χ0v) is 12.9. The largest absolute Gasteiger partial charge is 0.258 e. The molecule has 1 aromatic heterocycles. The monoisotopic (exact) mass is 295 g/mol. The Balaban J connectivity index is 1.75. The van der Waals surface area contributed by atoms with Gasteiger partial charge in [0, 0.05) is 10.8 Å². The Labute approximate surface area is 128 Å². The van der Waals surface area contributed by atoms with Crippen LogP contribution in [0.4, 0.5) is 0 Å². The first-order valence-electron chi connectivity index (χ1n) is 6.93. The lowest BCUT2D eigenvalue weighted by Crippen LogP contribution is -1.88. The van der Waals surface area contributed by atoms with E-state index in [0.29, 0.717) is 5.25 Å². The third-order valence-corrected chi connectivity index (χ3v) is 4.36. The van der Waals surface area contributed by atoms with E-state index in [1.807, 2.05) is 6.07 Å². The van der Waals surface area contributed by atoms with Crippen LogP contribution >= 0.6 is 11.8 Å². The molecule has 0 unspecified atom stereocenters. The van der Waals surface area contributed by atoms with E-state index in [0.717, 1.165) is 16.5 Å². The first-order chi connectivity index (χ1) is 10.2. The van der Waals surface area contributed by atoms with Gasteiger partial charge in [0.05, 0.1) is 0 Å². The number of benzene rings is 2. The van der Waals surface area contributed by atoms with Crippen LogP contribution in [-0.2, 0) is 0 Å². The molecule has 4 heteroatoms. The topological polar surface area (TPSA) is 41.6 Å². The van der Waals surface area contributed by atoms with E-state index in [4.69, 9.17) is 0 Å². The third kappa shape index (κ3) is 3.34. The average Bonchev–Trinajstić information content (AvgIpc) is 2.97. The summed E-state index contributed by atoms with van der Waals surface area (Å²) in [6, 6.07) is 18.7. The Morgan fingerprint density at radius 2 is 1.71 bits per heavy atom. The molecule has 3 rings (SSSR count). The molecule has 0 fully saturated rings. The highest BCUT2D eigenvalue weighted by molar-refractivity contribution is 7.99. The molecule has 0 bridgehead atoms. The van der Waals surface area contributed by atoms with Gasteiger partial charge in [0.2, 0.25) is 5.16 Å². The van der Waals surface area contributed by atoms with Gasteiger partial charge in [0.15, 0.2) is 5.82 Å². The number of hydrogen-bond donors (Lipinski definition) is 1. The van der Waals surface area contributed by atoms with E-state index in [1.54, 1.807) is 11.8 Å². The van der Waals surface area contributed by atoms with Crippen molar-refractivity contribution >= 4 is 11.8 Å². The lowest BCUT2D eigenvalue weighted by Gasteiger charge is -2.08. The molecule has 0 spiro atoms. The lowest BCUT2D eigenvalue weighted by molar-refractivity contribution is 0.960. The molecule has 0 amide bonds. The average molecular weight is 295 g/mol. The van der Waals surface area contributed by atoms with Crippen molar-refractivity contribution in [1.82, 2.24) is 15.2 Å². The van der Waals surface area contributed by atoms with Gasteiger partial charge in [-0.25, -0.2) is 4.98 Å². The summed E-state index contributed by atoms with van der Waals surface area (Å²) >= 11 is 1.66. The number of H-pyrrole nitrogens is 1. The molecular weight excluding hydrogens is 278 g/mol. The molecule has 0 radical (unpaired) electrons. The number of hydrogen-bond acceptors (Lipinski definition) is 3. The van der Waals surface area contributed by atoms with E-state index in [9.17, 15) is 0 Å². The molecule has 1 N–H and O–H groups in total. The zero-order chi connectivity index (χ0) is 14.7. The molecule has 3 nitrogen and oxygen atoms in total. The summed E-state index contributed by atoms with van der Waals surface area (Å²) in [7, 11) is 0. The zero-order valence-electron chi connectivity index (χ0n) is 12.1. The molecule has 0 saturated carbocycles. The van der Waals surface area contributed by atoms with Crippen molar-refractivity contribution in [3.05, 3.63) is 65.7 Å². The maximum absolute atomic E-state index is 4.57. The third-order valence-electron chi connectivity index (χ3n) is 3.34. The SMILES string of the molecule is Cc1ccc(-c2nc(S[C@H](C)c3ccccc3)n[nH]2)cc1. The number of nitrogens with one attached hydrogen (secondary N) is 1. The smallest absolute Gasteiger partial charge is 0.209 e. The molecule has 1 heterocycles. The van der Waals surface area contributed by atoms with Gasteiger partial charge in [-0.3, -0.25) is 5.10 Å². The fourth-order valence-corrected chi connectivity index (χ4v) is 2.94. The highest BCUT2D eigenvalue weighted by Gasteiger charge is 2.11. The molecule has 106 valence electrons. The van der Waals surface area contributed by atoms with Crippen molar-refractivity contribution < 1.29 is 0 Å². The van der Waals surface area contributed by atoms with Gasteiger partial charge in [0.25, 0.3) is 0 Å². The van der Waals surface area contributed by atoms with E-state index in [-0.39, 0.29) is 0 Å². The van der Waals surface area contributed by atoms with Crippen LogP contribution in [0, 0.1) is 6.92 Å². The number of aryl methyl sites for hydroxylation is 1. The van der Waals surface area contributed by atoms with Gasteiger partial charge in [-0.15, -0.1) is 5.10 Å². The summed E-state index contributed by atoms with van der Waals surface area (Å²) in [5.74, 6) is 0.817. The molecule has 0 aliphatic rings. The highest BCUT2D eigenvalue weighted by atomic mass is 32.2. The standard InChI is InChI=1S/C17H17N3S/c1-12-8-10-15(11-9-12)16-18-17(20-19-16)21-13(2)14-6-4-3-5-7-14/h3-11,13H,1-2H3,(H,18,19,20)/t13-/m1/s1. The van der Waals surface area contributed by atoms with Gasteiger partial charge >= 0.3 is 0 Å². The molecule has 3 aromatic rings. The minimum atomic E-state index is 0.327. The Kier molecular flexibility index (Phi) is 4.06. The maximum atomic E-state index is 4.57. The minimum absolute atomic E-state index is 0.327. The molecule has 21 heavy (non-hydrogen) atoms. The van der Waals surface area contributed by atoms with Crippen molar-refractivity contribution in [2.75, 3.05) is 0 Å². The maximum Gasteiger partial charge on any atom is 0.209 e. The number of aromatic amines is 1. The van der Waals surface area contributed by atoms with Crippen molar-refractivity contribution in [3.8, 4) is 11.4 Å². The first kappa shape index (κ1) is 13.9. The Bertz CT molecular complexity index is 704. The summed E-state index contributed by atoms with van der Waals surface area (Å²) in [4.78, 5) is 4.57. The van der Waals surface area contributed by atoms with E-state index < -0.39 is 0 Å². The van der Waals surface area contributed by atoms with Crippen LogP contribution in [0.2, 0.25) is 0 Å². The number of rotatable bonds is 4. The fourth-order valence-electron chi connectivity index (χ4n) is 2.09. The summed E-state index contributed by atoms with van der Waals surface area (Å²) in [5, 5.41) is 8.43. The number of nitrogens with zero attached hydrogens (tertiary/aromatic N) is 2. The van der Waals surface area contributed by atoms with Crippen LogP contribution in [0.25, 0.3) is 11.4 Å². The Hall–Kier alpha value is -2.07. The summed E-state index contributed by atoms with van der Waals surface area (Å²) < 4.78 is 0. The van der Waals surface area contributed by atoms with E-state index >= 15 is 0 Å². The molecule has 2 aromatic carbocycles. The first-order valence-corrected chi connectivity index (χ1v) is 7.81. The van der Waals surface area contributed by atoms with Crippen LogP contribution in [0.1, 0.15) is 23.3 Å². The van der Waals surface area contributed by atoms with E-state index in [2.05, 4.69) is 77.6 Å². The summed E-state index contributed by atoms with van der Waals surface area (Å²) in [6.07, 6.45) is 0. The van der Waals surface area contributed by atoms with Crippen molar-refractivity contribution in [1.29, 1.82) is 0 Å². The normalized spacial score (nSPS) is 12.3. The van der Waals surface area contributed by atoms with Crippen molar-refractivity contribution in [3.63, 3.8) is 0 Å². The van der Waals surface area contributed by atoms with Gasteiger partial charge < -0.3 is 0 Å².